The second-order valence-electron chi connectivity index (χ2n) is 4.83. The van der Waals surface area contributed by atoms with Crippen molar-refractivity contribution in [2.45, 2.75) is 12.8 Å². The fraction of sp³-hybridized carbons (Fsp3) is 0.188. The molecule has 2 aromatic rings. The van der Waals surface area contributed by atoms with Gasteiger partial charge in [-0.15, -0.1) is 0 Å². The fourth-order valence-electron chi connectivity index (χ4n) is 2.68. The largest absolute Gasteiger partial charge is 0.294 e. The maximum Gasteiger partial charge on any atom is 0.172 e. The van der Waals surface area contributed by atoms with Gasteiger partial charge in [-0.05, 0) is 36.1 Å². The lowest BCUT2D eigenvalue weighted by Gasteiger charge is -2.09. The second-order valence-corrected chi connectivity index (χ2v) is 4.83. The molecule has 1 aliphatic rings. The van der Waals surface area contributed by atoms with Crippen LogP contribution in [0.2, 0.25) is 0 Å². The summed E-state index contributed by atoms with van der Waals surface area (Å²) in [6, 6.07) is 11.3. The number of hydrogen-bond acceptors (Lipinski definition) is 1. The molecule has 96 valence electrons. The van der Waals surface area contributed by atoms with Crippen molar-refractivity contribution in [3.63, 3.8) is 0 Å². The molecule has 0 bridgehead atoms. The molecule has 0 aliphatic heterocycles. The summed E-state index contributed by atoms with van der Waals surface area (Å²) in [5, 5.41) is 0. The summed E-state index contributed by atoms with van der Waals surface area (Å²) < 4.78 is 27.2. The topological polar surface area (TPSA) is 17.1 Å². The molecule has 1 nitrogen and oxygen atoms in total. The molecule has 1 aliphatic carbocycles. The van der Waals surface area contributed by atoms with Gasteiger partial charge in [0.1, 0.15) is 11.6 Å². The van der Waals surface area contributed by atoms with E-state index in [9.17, 15) is 13.6 Å². The van der Waals surface area contributed by atoms with Crippen LogP contribution in [0.25, 0.3) is 0 Å². The molecule has 3 rings (SSSR count). The Morgan fingerprint density at radius 2 is 1.42 bits per heavy atom. The van der Waals surface area contributed by atoms with E-state index in [0.717, 1.165) is 23.3 Å². The van der Waals surface area contributed by atoms with Crippen molar-refractivity contribution in [1.29, 1.82) is 0 Å². The van der Waals surface area contributed by atoms with Gasteiger partial charge in [-0.1, -0.05) is 30.3 Å². The lowest BCUT2D eigenvalue weighted by atomic mass is 9.94. The summed E-state index contributed by atoms with van der Waals surface area (Å²) in [4.78, 5) is 12.3. The van der Waals surface area contributed by atoms with Crippen LogP contribution >= 0.6 is 0 Å². The van der Waals surface area contributed by atoms with Gasteiger partial charge in [0.15, 0.2) is 5.78 Å². The summed E-state index contributed by atoms with van der Waals surface area (Å²) in [5.74, 6) is -2.35. The van der Waals surface area contributed by atoms with Crippen molar-refractivity contribution < 1.29 is 13.6 Å². The number of rotatable bonds is 2. The van der Waals surface area contributed by atoms with Crippen molar-refractivity contribution in [2.24, 2.45) is 5.92 Å². The molecule has 3 heteroatoms. The molecule has 0 heterocycles. The van der Waals surface area contributed by atoms with E-state index in [1.165, 1.54) is 6.07 Å². The van der Waals surface area contributed by atoms with Gasteiger partial charge in [-0.25, -0.2) is 8.78 Å². The number of fused-ring (bicyclic) bond motifs is 1. The molecule has 0 amide bonds. The molecule has 19 heavy (non-hydrogen) atoms. The number of benzene rings is 2. The van der Waals surface area contributed by atoms with Crippen LogP contribution in [0.15, 0.2) is 42.5 Å². The van der Waals surface area contributed by atoms with Crippen molar-refractivity contribution in [2.75, 3.05) is 0 Å². The van der Waals surface area contributed by atoms with Crippen LogP contribution in [-0.4, -0.2) is 5.78 Å². The third kappa shape index (κ3) is 2.05. The summed E-state index contributed by atoms with van der Waals surface area (Å²) >= 11 is 0. The van der Waals surface area contributed by atoms with Crippen LogP contribution in [-0.2, 0) is 12.8 Å². The Hall–Kier alpha value is -2.03. The number of hydrogen-bond donors (Lipinski definition) is 0. The molecule has 2 aromatic carbocycles. The van der Waals surface area contributed by atoms with Gasteiger partial charge >= 0.3 is 0 Å². The minimum atomic E-state index is -0.777. The minimum absolute atomic E-state index is 0.358. The highest BCUT2D eigenvalue weighted by Crippen LogP contribution is 2.30. The van der Waals surface area contributed by atoms with Crippen molar-refractivity contribution in [3.8, 4) is 0 Å². The molecule has 0 spiro atoms. The summed E-state index contributed by atoms with van der Waals surface area (Å²) in [6.45, 7) is 0. The first-order chi connectivity index (χ1) is 9.16. The Morgan fingerprint density at radius 1 is 0.895 bits per heavy atom. The number of carbonyl (C=O) groups excluding carboxylic acids is 1. The average molecular weight is 258 g/mol. The van der Waals surface area contributed by atoms with Crippen LogP contribution in [0.1, 0.15) is 21.5 Å². The molecule has 0 aromatic heterocycles. The summed E-state index contributed by atoms with van der Waals surface area (Å²) in [6.07, 6.45) is 1.12. The van der Waals surface area contributed by atoms with E-state index in [0.29, 0.717) is 12.8 Å². The first-order valence-corrected chi connectivity index (χ1v) is 6.22. The maximum atomic E-state index is 13.6. The standard InChI is InChI=1S/C16H12F2O/c17-13-6-3-7-14(18)15(13)16(19)12-8-10-4-1-2-5-11(10)9-12/h1-7,12H,8-9H2. The van der Waals surface area contributed by atoms with Gasteiger partial charge in [0, 0.05) is 5.92 Å². The zero-order valence-electron chi connectivity index (χ0n) is 10.2. The Kier molecular flexibility index (Phi) is 2.90. The number of ketones is 1. The maximum absolute atomic E-state index is 13.6. The molecular formula is C16H12F2O. The number of carbonyl (C=O) groups is 1. The highest BCUT2D eigenvalue weighted by molar-refractivity contribution is 5.99. The Morgan fingerprint density at radius 3 is 1.95 bits per heavy atom. The van der Waals surface area contributed by atoms with Crippen LogP contribution < -0.4 is 0 Å². The van der Waals surface area contributed by atoms with E-state index in [4.69, 9.17) is 0 Å². The Balaban J connectivity index is 1.92. The van der Waals surface area contributed by atoms with Crippen molar-refractivity contribution in [1.82, 2.24) is 0 Å². The zero-order valence-corrected chi connectivity index (χ0v) is 10.2. The van der Waals surface area contributed by atoms with E-state index in [1.807, 2.05) is 24.3 Å². The predicted molar refractivity (Wildman–Crippen MR) is 68.0 cm³/mol. The summed E-state index contributed by atoms with van der Waals surface area (Å²) in [5.41, 5.74) is 1.79. The molecule has 0 fully saturated rings. The SMILES string of the molecule is O=C(c1c(F)cccc1F)C1Cc2ccccc2C1. The fourth-order valence-corrected chi connectivity index (χ4v) is 2.68. The second kappa shape index (κ2) is 4.57. The molecule has 0 N–H and O–H groups in total. The highest BCUT2D eigenvalue weighted by Gasteiger charge is 2.30. The lowest BCUT2D eigenvalue weighted by Crippen LogP contribution is -2.18. The van der Waals surface area contributed by atoms with Crippen LogP contribution in [0.5, 0.6) is 0 Å². The normalized spacial score (nSPS) is 14.4. The molecule has 0 unspecified atom stereocenters. The van der Waals surface area contributed by atoms with E-state index in [2.05, 4.69) is 0 Å². The molecule has 0 saturated carbocycles. The van der Waals surface area contributed by atoms with Crippen molar-refractivity contribution in [3.05, 3.63) is 70.8 Å². The minimum Gasteiger partial charge on any atom is -0.294 e. The van der Waals surface area contributed by atoms with E-state index in [1.54, 1.807) is 0 Å². The number of Topliss-reactive ketones (excluding diaryl/α,β-unsaturated/α-hetero) is 1. The Bertz CT molecular complexity index is 604. The van der Waals surface area contributed by atoms with Gasteiger partial charge in [-0.3, -0.25) is 4.79 Å². The lowest BCUT2D eigenvalue weighted by molar-refractivity contribution is 0.0916. The van der Waals surface area contributed by atoms with Gasteiger partial charge in [0.25, 0.3) is 0 Å². The monoisotopic (exact) mass is 258 g/mol. The Labute approximate surface area is 109 Å². The van der Waals surface area contributed by atoms with Gasteiger partial charge in [-0.2, -0.15) is 0 Å². The van der Waals surface area contributed by atoms with Crippen LogP contribution in [0, 0.1) is 17.6 Å². The highest BCUT2D eigenvalue weighted by atomic mass is 19.1. The van der Waals surface area contributed by atoms with E-state index in [-0.39, 0.29) is 5.92 Å². The van der Waals surface area contributed by atoms with Crippen molar-refractivity contribution >= 4 is 5.78 Å². The molecule has 0 atom stereocenters. The van der Waals surface area contributed by atoms with Gasteiger partial charge in [0.05, 0.1) is 5.56 Å². The number of halogens is 2. The molecule has 0 saturated heterocycles. The smallest absolute Gasteiger partial charge is 0.172 e. The molecule has 0 radical (unpaired) electrons. The molecular weight excluding hydrogens is 246 g/mol. The van der Waals surface area contributed by atoms with Crippen LogP contribution in [0.3, 0.4) is 0 Å². The van der Waals surface area contributed by atoms with E-state index < -0.39 is 23.0 Å². The average Bonchev–Trinajstić information content (AvgIpc) is 2.82. The van der Waals surface area contributed by atoms with Crippen LogP contribution in [0.4, 0.5) is 8.78 Å². The quantitative estimate of drug-likeness (QED) is 0.753. The van der Waals surface area contributed by atoms with E-state index >= 15 is 0 Å². The first-order valence-electron chi connectivity index (χ1n) is 6.22. The zero-order chi connectivity index (χ0) is 13.4. The predicted octanol–water partition coefficient (Wildman–Crippen LogP) is 3.56. The third-order valence-corrected chi connectivity index (χ3v) is 3.63. The van der Waals surface area contributed by atoms with Gasteiger partial charge in [0.2, 0.25) is 0 Å². The first kappa shape index (κ1) is 12.0. The third-order valence-electron chi connectivity index (χ3n) is 3.63. The summed E-state index contributed by atoms with van der Waals surface area (Å²) in [7, 11) is 0. The van der Waals surface area contributed by atoms with Gasteiger partial charge < -0.3 is 0 Å².